The van der Waals surface area contributed by atoms with Gasteiger partial charge in [0.2, 0.25) is 0 Å². The second-order valence-corrected chi connectivity index (χ2v) is 12.8. The first-order valence-electron chi connectivity index (χ1n) is 8.77. The van der Waals surface area contributed by atoms with Gasteiger partial charge in [0.05, 0.1) is 20.3 Å². The molecule has 4 aromatic rings. The van der Waals surface area contributed by atoms with Gasteiger partial charge in [-0.25, -0.2) is 4.85 Å². The van der Waals surface area contributed by atoms with E-state index in [9.17, 15) is 0 Å². The molecule has 0 aliphatic heterocycles. The smallest absolute Gasteiger partial charge is 0.195 e. The quantitative estimate of drug-likeness (QED) is 0.312. The molecule has 0 saturated carbocycles. The minimum absolute atomic E-state index is 0.677. The van der Waals surface area contributed by atoms with Gasteiger partial charge in [-0.05, 0) is 39.9 Å². The Morgan fingerprint density at radius 1 is 0.846 bits per heavy atom. The Labute approximate surface area is 155 Å². The number of aromatic nitrogens is 1. The summed E-state index contributed by atoms with van der Waals surface area (Å²) in [4.78, 5) is 8.40. The van der Waals surface area contributed by atoms with Crippen LogP contribution in [0, 0.1) is 6.57 Å². The lowest BCUT2D eigenvalue weighted by atomic mass is 9.99. The van der Waals surface area contributed by atoms with Crippen molar-refractivity contribution >= 4 is 40.5 Å². The van der Waals surface area contributed by atoms with Crippen LogP contribution in [-0.4, -0.2) is 13.1 Å². The zero-order valence-electron chi connectivity index (χ0n) is 15.2. The molecule has 0 unspecified atom stereocenters. The maximum atomic E-state index is 7.55. The molecule has 0 fully saturated rings. The molecule has 1 aromatic heterocycles. The Balaban J connectivity index is 1.98. The number of pyridine rings is 1. The van der Waals surface area contributed by atoms with Crippen molar-refractivity contribution in [1.82, 2.24) is 4.98 Å². The topological polar surface area (TPSA) is 17.2 Å². The summed E-state index contributed by atoms with van der Waals surface area (Å²) >= 11 is 0. The number of benzene rings is 3. The highest BCUT2D eigenvalue weighted by Crippen LogP contribution is 2.34. The van der Waals surface area contributed by atoms with Crippen molar-refractivity contribution < 1.29 is 0 Å². The second-order valence-electron chi connectivity index (χ2n) is 7.67. The molecular weight excluding hydrogens is 332 g/mol. The molecule has 3 heteroatoms. The lowest BCUT2D eigenvalue weighted by molar-refractivity contribution is 1.36. The predicted octanol–water partition coefficient (Wildman–Crippen LogP) is 6.15. The van der Waals surface area contributed by atoms with Crippen LogP contribution in [0.4, 0.5) is 5.69 Å². The standard InChI is InChI=1S/C23H20N2Si/c1-24-22-15-18(13-16-7-5-6-8-20(16)22)23-21-10-9-19(26(2,3)4)14-17(21)11-12-25-23/h5-15H,2-4H3. The average molecular weight is 353 g/mol. The van der Waals surface area contributed by atoms with Gasteiger partial charge in [-0.1, -0.05) is 67.3 Å². The maximum Gasteiger partial charge on any atom is 0.195 e. The van der Waals surface area contributed by atoms with E-state index in [1.165, 1.54) is 10.6 Å². The number of hydrogen-bond donors (Lipinski definition) is 0. The zero-order valence-corrected chi connectivity index (χ0v) is 16.2. The molecule has 0 aliphatic rings. The molecule has 0 radical (unpaired) electrons. The fourth-order valence-corrected chi connectivity index (χ4v) is 4.57. The van der Waals surface area contributed by atoms with E-state index in [1.807, 2.05) is 30.5 Å². The number of fused-ring (bicyclic) bond motifs is 2. The first kappa shape index (κ1) is 16.5. The van der Waals surface area contributed by atoms with Crippen LogP contribution in [0.2, 0.25) is 19.6 Å². The largest absolute Gasteiger partial charge is 0.256 e. The van der Waals surface area contributed by atoms with Gasteiger partial charge in [0.1, 0.15) is 0 Å². The van der Waals surface area contributed by atoms with Crippen LogP contribution < -0.4 is 5.19 Å². The van der Waals surface area contributed by atoms with Gasteiger partial charge < -0.3 is 0 Å². The van der Waals surface area contributed by atoms with Crippen molar-refractivity contribution in [2.45, 2.75) is 19.6 Å². The Kier molecular flexibility index (Phi) is 3.86. The third kappa shape index (κ3) is 2.79. The lowest BCUT2D eigenvalue weighted by Gasteiger charge is -2.18. The molecule has 2 nitrogen and oxygen atoms in total. The van der Waals surface area contributed by atoms with Crippen LogP contribution in [0.1, 0.15) is 0 Å². The Bertz CT molecular complexity index is 1180. The third-order valence-electron chi connectivity index (χ3n) is 4.86. The summed E-state index contributed by atoms with van der Waals surface area (Å²) < 4.78 is 0. The van der Waals surface area contributed by atoms with Gasteiger partial charge in [-0.2, -0.15) is 0 Å². The summed E-state index contributed by atoms with van der Waals surface area (Å²) in [6.07, 6.45) is 1.87. The van der Waals surface area contributed by atoms with E-state index >= 15 is 0 Å². The van der Waals surface area contributed by atoms with E-state index in [-0.39, 0.29) is 0 Å². The predicted molar refractivity (Wildman–Crippen MR) is 114 cm³/mol. The van der Waals surface area contributed by atoms with Crippen LogP contribution in [0.3, 0.4) is 0 Å². The Morgan fingerprint density at radius 2 is 1.62 bits per heavy atom. The highest BCUT2D eigenvalue weighted by molar-refractivity contribution is 6.88. The van der Waals surface area contributed by atoms with E-state index in [1.54, 1.807) is 0 Å². The highest BCUT2D eigenvalue weighted by Gasteiger charge is 2.17. The summed E-state index contributed by atoms with van der Waals surface area (Å²) in [6, 6.07) is 21.0. The van der Waals surface area contributed by atoms with E-state index in [0.29, 0.717) is 5.69 Å². The molecule has 0 amide bonds. The van der Waals surface area contributed by atoms with E-state index in [4.69, 9.17) is 6.57 Å². The van der Waals surface area contributed by atoms with Crippen molar-refractivity contribution in [1.29, 1.82) is 0 Å². The van der Waals surface area contributed by atoms with E-state index < -0.39 is 8.07 Å². The lowest BCUT2D eigenvalue weighted by Crippen LogP contribution is -2.37. The molecular formula is C23H20N2Si. The maximum absolute atomic E-state index is 7.55. The molecule has 0 atom stereocenters. The number of rotatable bonds is 2. The Hall–Kier alpha value is -2.96. The van der Waals surface area contributed by atoms with E-state index in [2.05, 4.69) is 65.9 Å². The summed E-state index contributed by atoms with van der Waals surface area (Å²) in [5.41, 5.74) is 2.62. The molecule has 1 heterocycles. The molecule has 4 rings (SSSR count). The van der Waals surface area contributed by atoms with Crippen LogP contribution in [0.5, 0.6) is 0 Å². The molecule has 0 bridgehead atoms. The summed E-state index contributed by atoms with van der Waals surface area (Å²) in [5.74, 6) is 0. The molecule has 126 valence electrons. The minimum Gasteiger partial charge on any atom is -0.256 e. The van der Waals surface area contributed by atoms with Crippen LogP contribution in [-0.2, 0) is 0 Å². The second kappa shape index (κ2) is 6.08. The first-order chi connectivity index (χ1) is 12.5. The van der Waals surface area contributed by atoms with Crippen molar-refractivity contribution in [3.63, 3.8) is 0 Å². The van der Waals surface area contributed by atoms with Gasteiger partial charge in [-0.15, -0.1) is 0 Å². The Morgan fingerprint density at radius 3 is 2.38 bits per heavy atom. The fourth-order valence-electron chi connectivity index (χ4n) is 3.39. The highest BCUT2D eigenvalue weighted by atomic mass is 28.3. The minimum atomic E-state index is -1.36. The number of hydrogen-bond acceptors (Lipinski definition) is 1. The average Bonchev–Trinajstić information content (AvgIpc) is 2.65. The summed E-state index contributed by atoms with van der Waals surface area (Å²) in [6.45, 7) is 14.6. The van der Waals surface area contributed by atoms with Crippen molar-refractivity contribution in [3.05, 3.63) is 78.3 Å². The number of nitrogens with zero attached hydrogens (tertiary/aromatic N) is 2. The summed E-state index contributed by atoms with van der Waals surface area (Å²) in [7, 11) is -1.36. The van der Waals surface area contributed by atoms with Gasteiger partial charge in [-0.3, -0.25) is 4.98 Å². The molecule has 26 heavy (non-hydrogen) atoms. The fraction of sp³-hybridized carbons (Fsp3) is 0.130. The van der Waals surface area contributed by atoms with Gasteiger partial charge in [0.25, 0.3) is 0 Å². The van der Waals surface area contributed by atoms with Crippen LogP contribution >= 0.6 is 0 Å². The molecule has 0 saturated heterocycles. The first-order valence-corrected chi connectivity index (χ1v) is 12.3. The van der Waals surface area contributed by atoms with Crippen molar-refractivity contribution in [2.24, 2.45) is 0 Å². The third-order valence-corrected chi connectivity index (χ3v) is 6.91. The van der Waals surface area contributed by atoms with Gasteiger partial charge in [0, 0.05) is 11.6 Å². The SMILES string of the molecule is [C-]#[N+]c1cc(-c2nccc3cc([Si](C)(C)C)ccc23)cc2ccccc12. The van der Waals surface area contributed by atoms with Crippen LogP contribution in [0.25, 0.3) is 37.6 Å². The summed E-state index contributed by atoms with van der Waals surface area (Å²) in [5, 5.41) is 5.87. The molecule has 0 spiro atoms. The van der Waals surface area contributed by atoms with Crippen molar-refractivity contribution in [3.8, 4) is 11.3 Å². The van der Waals surface area contributed by atoms with E-state index in [0.717, 1.165) is 27.4 Å². The zero-order chi connectivity index (χ0) is 18.3. The monoisotopic (exact) mass is 352 g/mol. The molecule has 3 aromatic carbocycles. The van der Waals surface area contributed by atoms with Gasteiger partial charge in [0.15, 0.2) is 5.69 Å². The van der Waals surface area contributed by atoms with Crippen LogP contribution in [0.15, 0.2) is 66.9 Å². The van der Waals surface area contributed by atoms with Crippen molar-refractivity contribution in [2.75, 3.05) is 0 Å². The van der Waals surface area contributed by atoms with Gasteiger partial charge >= 0.3 is 0 Å². The molecule has 0 aliphatic carbocycles. The normalized spacial score (nSPS) is 11.6. The molecule has 0 N–H and O–H groups in total.